The van der Waals surface area contributed by atoms with Crippen LogP contribution >= 0.6 is 24.8 Å². The number of rotatable bonds is 6. The second kappa shape index (κ2) is 12.7. The molecule has 160 valence electrons. The highest BCUT2D eigenvalue weighted by Gasteiger charge is 2.30. The van der Waals surface area contributed by atoms with E-state index in [0.717, 1.165) is 45.4 Å². The van der Waals surface area contributed by atoms with Gasteiger partial charge in [-0.3, -0.25) is 9.69 Å². The van der Waals surface area contributed by atoms with Crippen molar-refractivity contribution in [3.8, 4) is 0 Å². The Morgan fingerprint density at radius 2 is 1.79 bits per heavy atom. The van der Waals surface area contributed by atoms with Crippen LogP contribution < -0.4 is 11.1 Å². The van der Waals surface area contributed by atoms with Crippen molar-refractivity contribution in [1.29, 1.82) is 0 Å². The highest BCUT2D eigenvalue weighted by atomic mass is 35.5. The van der Waals surface area contributed by atoms with Gasteiger partial charge in [-0.1, -0.05) is 30.3 Å². The van der Waals surface area contributed by atoms with E-state index in [9.17, 15) is 9.90 Å². The Balaban J connectivity index is 0.00000196. The predicted molar refractivity (Wildman–Crippen MR) is 118 cm³/mol. The van der Waals surface area contributed by atoms with E-state index in [1.165, 1.54) is 18.4 Å². The quantitative estimate of drug-likeness (QED) is 0.646. The summed E-state index contributed by atoms with van der Waals surface area (Å²) in [6.45, 7) is 4.07. The average molecular weight is 432 g/mol. The Kier molecular flexibility index (Phi) is 11.4. The monoisotopic (exact) mass is 431 g/mol. The van der Waals surface area contributed by atoms with Gasteiger partial charge in [0, 0.05) is 25.0 Å². The molecular formula is C21H35Cl2N3O2. The predicted octanol–water partition coefficient (Wildman–Crippen LogP) is 2.74. The molecule has 0 unspecified atom stereocenters. The Hall–Kier alpha value is -0.850. The number of benzene rings is 1. The van der Waals surface area contributed by atoms with Crippen molar-refractivity contribution in [2.45, 2.75) is 57.2 Å². The molecule has 1 aromatic rings. The molecule has 1 aliphatic carbocycles. The number of hydrogen-bond acceptors (Lipinski definition) is 4. The molecule has 1 aromatic carbocycles. The number of aliphatic hydroxyl groups is 1. The fraction of sp³-hybridized carbons (Fsp3) is 0.667. The van der Waals surface area contributed by atoms with E-state index in [1.807, 2.05) is 0 Å². The molecule has 1 amide bonds. The van der Waals surface area contributed by atoms with Gasteiger partial charge < -0.3 is 16.2 Å². The second-order valence-electron chi connectivity index (χ2n) is 8.03. The van der Waals surface area contributed by atoms with Gasteiger partial charge >= 0.3 is 0 Å². The van der Waals surface area contributed by atoms with Crippen LogP contribution in [0.5, 0.6) is 0 Å². The van der Waals surface area contributed by atoms with E-state index in [2.05, 4.69) is 40.5 Å². The van der Waals surface area contributed by atoms with Crippen molar-refractivity contribution in [2.75, 3.05) is 19.6 Å². The van der Waals surface area contributed by atoms with Crippen molar-refractivity contribution < 1.29 is 9.90 Å². The molecule has 1 saturated carbocycles. The number of nitrogens with zero attached hydrogens (tertiary/aromatic N) is 1. The van der Waals surface area contributed by atoms with Gasteiger partial charge in [0.15, 0.2) is 0 Å². The summed E-state index contributed by atoms with van der Waals surface area (Å²) >= 11 is 0. The molecule has 0 spiro atoms. The molecule has 1 saturated heterocycles. The third kappa shape index (κ3) is 7.53. The summed E-state index contributed by atoms with van der Waals surface area (Å²) in [6, 6.07) is 10.5. The lowest BCUT2D eigenvalue weighted by atomic mass is 9.84. The van der Waals surface area contributed by atoms with Crippen LogP contribution in [0.15, 0.2) is 30.3 Å². The van der Waals surface area contributed by atoms with Crippen LogP contribution in [0.3, 0.4) is 0 Å². The van der Waals surface area contributed by atoms with Crippen molar-refractivity contribution in [1.82, 2.24) is 10.2 Å². The Labute approximate surface area is 181 Å². The topological polar surface area (TPSA) is 78.6 Å². The number of piperidine rings is 1. The Morgan fingerprint density at radius 1 is 1.11 bits per heavy atom. The molecule has 4 N–H and O–H groups in total. The van der Waals surface area contributed by atoms with E-state index in [1.54, 1.807) is 0 Å². The van der Waals surface area contributed by atoms with Crippen LogP contribution in [0.1, 0.15) is 44.1 Å². The lowest BCUT2D eigenvalue weighted by Crippen LogP contribution is -2.44. The standard InChI is InChI=1S/C21H33N3O2.2ClH/c22-19-7-6-18(14-20(19)25)21(26)23-11-8-16-9-12-24(13-10-16)15-17-4-2-1-3-5-17;;/h1-5,16,18-20,25H,6-15,22H2,(H,23,26);2*1H/t18-,19+,20+;;/m0../s1. The molecule has 2 fully saturated rings. The van der Waals surface area contributed by atoms with Gasteiger partial charge in [0.1, 0.15) is 0 Å². The lowest BCUT2D eigenvalue weighted by molar-refractivity contribution is -0.127. The maximum absolute atomic E-state index is 12.3. The summed E-state index contributed by atoms with van der Waals surface area (Å²) in [7, 11) is 0. The molecule has 3 rings (SSSR count). The van der Waals surface area contributed by atoms with E-state index >= 15 is 0 Å². The molecule has 1 heterocycles. The average Bonchev–Trinajstić information content (AvgIpc) is 2.66. The number of halogens is 2. The lowest BCUT2D eigenvalue weighted by Gasteiger charge is -2.32. The number of amides is 1. The number of carbonyl (C=O) groups excluding carboxylic acids is 1. The summed E-state index contributed by atoms with van der Waals surface area (Å²) in [4.78, 5) is 14.8. The molecule has 5 nitrogen and oxygen atoms in total. The third-order valence-corrected chi connectivity index (χ3v) is 6.05. The molecule has 0 aromatic heterocycles. The van der Waals surface area contributed by atoms with Crippen LogP contribution in [-0.2, 0) is 11.3 Å². The SMILES string of the molecule is Cl.Cl.N[C@@H]1CC[C@H](C(=O)NCCC2CCN(Cc3ccccc3)CC2)C[C@H]1O. The molecular weight excluding hydrogens is 397 g/mol. The fourth-order valence-electron chi connectivity index (χ4n) is 4.23. The van der Waals surface area contributed by atoms with Crippen LogP contribution in [0, 0.1) is 11.8 Å². The van der Waals surface area contributed by atoms with Gasteiger partial charge in [0.25, 0.3) is 0 Å². The molecule has 0 bridgehead atoms. The minimum absolute atomic E-state index is 0. The summed E-state index contributed by atoms with van der Waals surface area (Å²) < 4.78 is 0. The van der Waals surface area contributed by atoms with E-state index in [4.69, 9.17) is 5.73 Å². The first-order valence-electron chi connectivity index (χ1n) is 10.1. The summed E-state index contributed by atoms with van der Waals surface area (Å²) in [5.41, 5.74) is 7.19. The zero-order chi connectivity index (χ0) is 18.4. The maximum atomic E-state index is 12.3. The van der Waals surface area contributed by atoms with Crippen molar-refractivity contribution in [3.63, 3.8) is 0 Å². The zero-order valence-electron chi connectivity index (χ0n) is 16.5. The molecule has 28 heavy (non-hydrogen) atoms. The van der Waals surface area contributed by atoms with Gasteiger partial charge in [0.05, 0.1) is 6.10 Å². The highest BCUT2D eigenvalue weighted by molar-refractivity contribution is 5.85. The maximum Gasteiger partial charge on any atom is 0.223 e. The minimum atomic E-state index is -0.534. The second-order valence-corrected chi connectivity index (χ2v) is 8.03. The van der Waals surface area contributed by atoms with Crippen LogP contribution in [-0.4, -0.2) is 47.7 Å². The zero-order valence-corrected chi connectivity index (χ0v) is 18.1. The van der Waals surface area contributed by atoms with Crippen molar-refractivity contribution >= 4 is 30.7 Å². The third-order valence-electron chi connectivity index (χ3n) is 6.05. The first-order chi connectivity index (χ1) is 12.6. The minimum Gasteiger partial charge on any atom is -0.391 e. The molecule has 7 heteroatoms. The van der Waals surface area contributed by atoms with Gasteiger partial charge in [-0.05, 0) is 63.1 Å². The summed E-state index contributed by atoms with van der Waals surface area (Å²) in [5, 5.41) is 12.9. The first-order valence-corrected chi connectivity index (χ1v) is 10.1. The number of nitrogens with one attached hydrogen (secondary N) is 1. The Bertz CT molecular complexity index is 568. The largest absolute Gasteiger partial charge is 0.391 e. The van der Waals surface area contributed by atoms with Gasteiger partial charge in [-0.15, -0.1) is 24.8 Å². The van der Waals surface area contributed by atoms with Gasteiger partial charge in [-0.2, -0.15) is 0 Å². The molecule has 1 aliphatic heterocycles. The van der Waals surface area contributed by atoms with E-state index in [0.29, 0.717) is 12.3 Å². The fourth-order valence-corrected chi connectivity index (χ4v) is 4.23. The summed E-state index contributed by atoms with van der Waals surface area (Å²) in [6.07, 6.45) is 4.97. The van der Waals surface area contributed by atoms with Crippen LogP contribution in [0.2, 0.25) is 0 Å². The molecule has 3 atom stereocenters. The van der Waals surface area contributed by atoms with Crippen LogP contribution in [0.4, 0.5) is 0 Å². The van der Waals surface area contributed by atoms with Crippen LogP contribution in [0.25, 0.3) is 0 Å². The molecule has 2 aliphatic rings. The number of likely N-dealkylation sites (tertiary alicyclic amines) is 1. The number of nitrogens with two attached hydrogens (primary N) is 1. The highest BCUT2D eigenvalue weighted by Crippen LogP contribution is 2.24. The van der Waals surface area contributed by atoms with Crippen molar-refractivity contribution in [2.24, 2.45) is 17.6 Å². The number of carbonyl (C=O) groups is 1. The number of hydrogen-bond donors (Lipinski definition) is 3. The normalized spacial score (nSPS) is 26.0. The Morgan fingerprint density at radius 3 is 2.43 bits per heavy atom. The number of aliphatic hydroxyl groups excluding tert-OH is 1. The smallest absolute Gasteiger partial charge is 0.223 e. The van der Waals surface area contributed by atoms with E-state index < -0.39 is 6.10 Å². The van der Waals surface area contributed by atoms with Gasteiger partial charge in [0.2, 0.25) is 5.91 Å². The van der Waals surface area contributed by atoms with Gasteiger partial charge in [-0.25, -0.2) is 0 Å². The van der Waals surface area contributed by atoms with E-state index in [-0.39, 0.29) is 42.7 Å². The summed E-state index contributed by atoms with van der Waals surface area (Å²) in [5.74, 6) is 0.725. The first kappa shape index (κ1) is 25.2. The van der Waals surface area contributed by atoms with Crippen molar-refractivity contribution in [3.05, 3.63) is 35.9 Å². The molecule has 0 radical (unpaired) electrons.